The predicted octanol–water partition coefficient (Wildman–Crippen LogP) is 5.15. The Morgan fingerprint density at radius 3 is 3.04 bits per heavy atom. The number of anilines is 2. The molecule has 4 heterocycles. The number of pyridine rings is 1. The van der Waals surface area contributed by atoms with E-state index in [0.717, 1.165) is 53.1 Å². The highest BCUT2D eigenvalue weighted by Gasteiger charge is 2.14. The molecule has 134 valence electrons. The molecule has 1 aliphatic heterocycles. The predicted molar refractivity (Wildman–Crippen MR) is 113 cm³/mol. The van der Waals surface area contributed by atoms with Crippen molar-refractivity contribution in [2.75, 3.05) is 18.4 Å². The van der Waals surface area contributed by atoms with Crippen LogP contribution < -0.4 is 5.32 Å². The summed E-state index contributed by atoms with van der Waals surface area (Å²) in [5.41, 5.74) is 8.41. The average molecular weight is 373 g/mol. The minimum atomic E-state index is 0.904. The molecule has 5 rings (SSSR count). The Hall–Kier alpha value is -3.12. The second-order valence-electron chi connectivity index (χ2n) is 6.62. The number of thiazole rings is 1. The van der Waals surface area contributed by atoms with Crippen LogP contribution in [-0.2, 0) is 0 Å². The maximum atomic E-state index is 4.51. The summed E-state index contributed by atoms with van der Waals surface area (Å²) in [5.74, 6) is 0. The van der Waals surface area contributed by atoms with Crippen LogP contribution in [0.2, 0.25) is 0 Å². The number of nitrogens with one attached hydrogen (secondary N) is 2. The van der Waals surface area contributed by atoms with Crippen molar-refractivity contribution in [3.05, 3.63) is 66.6 Å². The van der Waals surface area contributed by atoms with Crippen LogP contribution >= 0.6 is 11.3 Å². The maximum absolute atomic E-state index is 4.51. The molecule has 6 heteroatoms. The van der Waals surface area contributed by atoms with Crippen molar-refractivity contribution in [2.45, 2.75) is 6.42 Å². The largest absolute Gasteiger partial charge is 0.374 e. The lowest BCUT2D eigenvalue weighted by atomic mass is 10.1. The molecule has 0 saturated carbocycles. The summed E-state index contributed by atoms with van der Waals surface area (Å²) in [6, 6.07) is 10.5. The molecule has 0 amide bonds. The van der Waals surface area contributed by atoms with Crippen LogP contribution in [0.25, 0.3) is 26.8 Å². The first-order valence-electron chi connectivity index (χ1n) is 8.94. The van der Waals surface area contributed by atoms with Gasteiger partial charge in [-0.15, -0.1) is 11.3 Å². The fraction of sp³-hybridized carbons (Fsp3) is 0.143. The van der Waals surface area contributed by atoms with Gasteiger partial charge in [-0.2, -0.15) is 0 Å². The summed E-state index contributed by atoms with van der Waals surface area (Å²) in [7, 11) is 0. The molecule has 0 bridgehead atoms. The highest BCUT2D eigenvalue weighted by atomic mass is 32.1. The number of nitrogens with zero attached hydrogens (tertiary/aromatic N) is 3. The zero-order valence-corrected chi connectivity index (χ0v) is 15.6. The number of hydrogen-bond donors (Lipinski definition) is 2. The average Bonchev–Trinajstić information content (AvgIpc) is 3.35. The number of rotatable bonds is 4. The van der Waals surface area contributed by atoms with Gasteiger partial charge >= 0.3 is 0 Å². The third-order valence-corrected chi connectivity index (χ3v) is 5.78. The molecule has 0 spiro atoms. The minimum Gasteiger partial charge on any atom is -0.374 e. The van der Waals surface area contributed by atoms with E-state index in [1.807, 2.05) is 30.0 Å². The Labute approximate surface area is 161 Å². The molecule has 0 unspecified atom stereocenters. The number of fused-ring (bicyclic) bond motifs is 2. The first-order chi connectivity index (χ1) is 13.3. The Morgan fingerprint density at radius 2 is 2.19 bits per heavy atom. The van der Waals surface area contributed by atoms with Gasteiger partial charge in [0.2, 0.25) is 0 Å². The number of aromatic amines is 1. The van der Waals surface area contributed by atoms with Crippen molar-refractivity contribution in [2.24, 2.45) is 0 Å². The minimum absolute atomic E-state index is 0.904. The maximum Gasteiger partial charge on any atom is 0.139 e. The first kappa shape index (κ1) is 16.1. The van der Waals surface area contributed by atoms with Crippen LogP contribution in [0, 0.1) is 0 Å². The van der Waals surface area contributed by atoms with Gasteiger partial charge in [0.15, 0.2) is 0 Å². The molecule has 27 heavy (non-hydrogen) atoms. The van der Waals surface area contributed by atoms with Gasteiger partial charge in [-0.1, -0.05) is 12.7 Å². The molecule has 4 aromatic rings. The smallest absolute Gasteiger partial charge is 0.139 e. The summed E-state index contributed by atoms with van der Waals surface area (Å²) in [6.45, 7) is 5.75. The SMILES string of the molecule is C=CN1CC=C(c2cc3c(Nc4ccc5ncsc5c4)ccnc3[nH]2)CC1. The van der Waals surface area contributed by atoms with Gasteiger partial charge in [0.05, 0.1) is 21.4 Å². The van der Waals surface area contributed by atoms with E-state index >= 15 is 0 Å². The third-order valence-electron chi connectivity index (χ3n) is 4.99. The summed E-state index contributed by atoms with van der Waals surface area (Å²) in [4.78, 5) is 14.6. The van der Waals surface area contributed by atoms with Crippen molar-refractivity contribution in [1.82, 2.24) is 19.9 Å². The van der Waals surface area contributed by atoms with E-state index in [4.69, 9.17) is 0 Å². The van der Waals surface area contributed by atoms with Crippen LogP contribution in [-0.4, -0.2) is 32.9 Å². The number of aromatic nitrogens is 3. The Kier molecular flexibility index (Phi) is 3.90. The molecule has 5 nitrogen and oxygen atoms in total. The number of hydrogen-bond acceptors (Lipinski definition) is 5. The van der Waals surface area contributed by atoms with Gasteiger partial charge in [0, 0.05) is 36.1 Å². The van der Waals surface area contributed by atoms with Crippen molar-refractivity contribution in [3.63, 3.8) is 0 Å². The molecule has 0 saturated heterocycles. The molecule has 3 aromatic heterocycles. The highest BCUT2D eigenvalue weighted by molar-refractivity contribution is 7.16. The van der Waals surface area contributed by atoms with Gasteiger partial charge in [-0.05, 0) is 48.5 Å². The summed E-state index contributed by atoms with van der Waals surface area (Å²) >= 11 is 1.65. The fourth-order valence-electron chi connectivity index (χ4n) is 3.49. The van der Waals surface area contributed by atoms with Crippen LogP contribution in [0.3, 0.4) is 0 Å². The Morgan fingerprint density at radius 1 is 1.22 bits per heavy atom. The van der Waals surface area contributed by atoms with Gasteiger partial charge < -0.3 is 15.2 Å². The van der Waals surface area contributed by atoms with E-state index in [1.54, 1.807) is 11.3 Å². The van der Waals surface area contributed by atoms with E-state index in [2.05, 4.69) is 56.0 Å². The highest BCUT2D eigenvalue weighted by Crippen LogP contribution is 2.31. The molecule has 1 aliphatic rings. The van der Waals surface area contributed by atoms with Crippen LogP contribution in [0.15, 0.2) is 60.9 Å². The monoisotopic (exact) mass is 373 g/mol. The van der Waals surface area contributed by atoms with Gasteiger partial charge in [-0.3, -0.25) is 0 Å². The zero-order chi connectivity index (χ0) is 18.2. The zero-order valence-electron chi connectivity index (χ0n) is 14.8. The van der Waals surface area contributed by atoms with Gasteiger partial charge in [0.25, 0.3) is 0 Å². The summed E-state index contributed by atoms with van der Waals surface area (Å²) in [5, 5.41) is 4.64. The van der Waals surface area contributed by atoms with Gasteiger partial charge in [0.1, 0.15) is 5.65 Å². The van der Waals surface area contributed by atoms with Crippen molar-refractivity contribution < 1.29 is 0 Å². The number of H-pyrrole nitrogens is 1. The van der Waals surface area contributed by atoms with Crippen LogP contribution in [0.4, 0.5) is 11.4 Å². The summed E-state index contributed by atoms with van der Waals surface area (Å²) in [6.07, 6.45) is 7.01. The lowest BCUT2D eigenvalue weighted by molar-refractivity contribution is 0.415. The van der Waals surface area contributed by atoms with Gasteiger partial charge in [-0.25, -0.2) is 9.97 Å². The van der Waals surface area contributed by atoms with Crippen LogP contribution in [0.5, 0.6) is 0 Å². The molecular weight excluding hydrogens is 354 g/mol. The Balaban J connectivity index is 1.49. The summed E-state index contributed by atoms with van der Waals surface area (Å²) < 4.78 is 1.18. The Bertz CT molecular complexity index is 1170. The second kappa shape index (κ2) is 6.55. The van der Waals surface area contributed by atoms with Crippen LogP contribution in [0.1, 0.15) is 12.1 Å². The molecular formula is C21H19N5S. The molecule has 0 radical (unpaired) electrons. The third kappa shape index (κ3) is 2.98. The fourth-order valence-corrected chi connectivity index (χ4v) is 4.21. The van der Waals surface area contributed by atoms with E-state index in [1.165, 1.54) is 10.3 Å². The van der Waals surface area contributed by atoms with E-state index in [9.17, 15) is 0 Å². The van der Waals surface area contributed by atoms with E-state index in [0.29, 0.717) is 0 Å². The van der Waals surface area contributed by atoms with Crippen molar-refractivity contribution in [3.8, 4) is 0 Å². The molecule has 0 fully saturated rings. The second-order valence-corrected chi connectivity index (χ2v) is 7.51. The molecule has 2 N–H and O–H groups in total. The quantitative estimate of drug-likeness (QED) is 0.519. The number of benzene rings is 1. The lowest BCUT2D eigenvalue weighted by Crippen LogP contribution is -2.22. The molecule has 0 aliphatic carbocycles. The van der Waals surface area contributed by atoms with E-state index < -0.39 is 0 Å². The van der Waals surface area contributed by atoms with E-state index in [-0.39, 0.29) is 0 Å². The molecule has 0 atom stereocenters. The standard InChI is InChI=1S/C21H19N5S/c1-2-26-9-6-14(7-10-26)19-12-16-17(5-8-22-21(16)25-19)24-15-3-4-18-20(11-15)27-13-23-18/h2-6,8,11-13H,1,7,9-10H2,(H2,22,24,25). The normalized spacial score (nSPS) is 14.5. The lowest BCUT2D eigenvalue weighted by Gasteiger charge is -2.23. The molecule has 1 aromatic carbocycles. The first-order valence-corrected chi connectivity index (χ1v) is 9.82. The topological polar surface area (TPSA) is 56.8 Å². The van der Waals surface area contributed by atoms with Crippen molar-refractivity contribution in [1.29, 1.82) is 0 Å². The van der Waals surface area contributed by atoms with Crippen molar-refractivity contribution >= 4 is 49.5 Å².